The minimum atomic E-state index is -0.863. The zero-order valence-electron chi connectivity index (χ0n) is 20.6. The van der Waals surface area contributed by atoms with Crippen LogP contribution in [-0.2, 0) is 9.53 Å². The van der Waals surface area contributed by atoms with Gasteiger partial charge in [-0.05, 0) is 36.9 Å². The summed E-state index contributed by atoms with van der Waals surface area (Å²) >= 11 is 0.830. The van der Waals surface area contributed by atoms with E-state index in [1.807, 2.05) is 31.2 Å². The Morgan fingerprint density at radius 1 is 1.19 bits per heavy atom. The number of nitrogens with one attached hydrogen (secondary N) is 1. The zero-order valence-corrected chi connectivity index (χ0v) is 21.4. The molecule has 0 radical (unpaired) electrons. The number of morpholine rings is 1. The van der Waals surface area contributed by atoms with Gasteiger partial charge in [0.15, 0.2) is 5.69 Å². The molecule has 11 heteroatoms. The van der Waals surface area contributed by atoms with Crippen LogP contribution in [0.3, 0.4) is 0 Å². The van der Waals surface area contributed by atoms with Crippen LogP contribution < -0.4 is 16.8 Å². The van der Waals surface area contributed by atoms with Gasteiger partial charge in [-0.2, -0.15) is 4.37 Å². The summed E-state index contributed by atoms with van der Waals surface area (Å²) in [5, 5.41) is 3.17. The van der Waals surface area contributed by atoms with Crippen molar-refractivity contribution in [2.45, 2.75) is 44.7 Å². The SMILES string of the molecule is Cc1ccc([C@H](C(=O)NC2CCCC2)N(CCN2CCOCC2)C(=O)c2snc(C(N)=O)c2N)cc1. The van der Waals surface area contributed by atoms with Gasteiger partial charge in [-0.1, -0.05) is 42.7 Å². The van der Waals surface area contributed by atoms with Crippen molar-refractivity contribution in [2.24, 2.45) is 5.73 Å². The number of hydrogen-bond acceptors (Lipinski definition) is 8. The van der Waals surface area contributed by atoms with Crippen LogP contribution >= 0.6 is 11.5 Å². The third-order valence-corrected chi connectivity index (χ3v) is 7.68. The monoisotopic (exact) mass is 514 g/mol. The third-order valence-electron chi connectivity index (χ3n) is 6.83. The quantitative estimate of drug-likeness (QED) is 0.462. The summed E-state index contributed by atoms with van der Waals surface area (Å²) in [6, 6.07) is 6.86. The number of ether oxygens (including phenoxy) is 1. The number of aromatic nitrogens is 1. The average molecular weight is 515 g/mol. The highest BCUT2D eigenvalue weighted by atomic mass is 32.1. The van der Waals surface area contributed by atoms with E-state index >= 15 is 0 Å². The van der Waals surface area contributed by atoms with Gasteiger partial charge in [0.05, 0.1) is 18.9 Å². The van der Waals surface area contributed by atoms with Crippen LogP contribution in [0.5, 0.6) is 0 Å². The smallest absolute Gasteiger partial charge is 0.270 e. The van der Waals surface area contributed by atoms with Crippen molar-refractivity contribution < 1.29 is 19.1 Å². The Labute approximate surface area is 215 Å². The van der Waals surface area contributed by atoms with Crippen LogP contribution in [0.2, 0.25) is 0 Å². The lowest BCUT2D eigenvalue weighted by molar-refractivity contribution is -0.126. The Balaban J connectivity index is 1.69. The van der Waals surface area contributed by atoms with E-state index < -0.39 is 17.9 Å². The average Bonchev–Trinajstić information content (AvgIpc) is 3.52. The minimum Gasteiger partial charge on any atom is -0.395 e. The molecule has 3 amide bonds. The van der Waals surface area contributed by atoms with Crippen molar-refractivity contribution in [3.8, 4) is 0 Å². The predicted octanol–water partition coefficient (Wildman–Crippen LogP) is 1.71. The second kappa shape index (κ2) is 11.8. The van der Waals surface area contributed by atoms with Gasteiger partial charge < -0.3 is 26.4 Å². The molecule has 2 aromatic rings. The van der Waals surface area contributed by atoms with Crippen LogP contribution in [0.4, 0.5) is 5.69 Å². The number of benzene rings is 1. The van der Waals surface area contributed by atoms with Crippen molar-refractivity contribution >= 4 is 34.9 Å². The number of carbonyl (C=O) groups is 3. The predicted molar refractivity (Wildman–Crippen MR) is 138 cm³/mol. The van der Waals surface area contributed by atoms with E-state index in [1.54, 1.807) is 4.90 Å². The van der Waals surface area contributed by atoms with Gasteiger partial charge in [0, 0.05) is 32.2 Å². The lowest BCUT2D eigenvalue weighted by atomic mass is 10.0. The first kappa shape index (κ1) is 26.1. The molecule has 1 aromatic carbocycles. The van der Waals surface area contributed by atoms with Gasteiger partial charge in [0.25, 0.3) is 11.8 Å². The van der Waals surface area contributed by atoms with Gasteiger partial charge in [0.1, 0.15) is 10.9 Å². The molecule has 0 bridgehead atoms. The van der Waals surface area contributed by atoms with Crippen molar-refractivity contribution in [3.05, 3.63) is 46.0 Å². The van der Waals surface area contributed by atoms with E-state index in [9.17, 15) is 14.4 Å². The number of hydrogen-bond donors (Lipinski definition) is 3. The fourth-order valence-electron chi connectivity index (χ4n) is 4.75. The first-order chi connectivity index (χ1) is 17.3. The molecule has 10 nitrogen and oxygen atoms in total. The number of nitrogen functional groups attached to an aromatic ring is 1. The number of anilines is 1. The molecular formula is C25H34N6O4S. The second-order valence-electron chi connectivity index (χ2n) is 9.39. The fourth-order valence-corrected chi connectivity index (χ4v) is 5.51. The van der Waals surface area contributed by atoms with Crippen molar-refractivity contribution in [1.82, 2.24) is 19.5 Å². The summed E-state index contributed by atoms with van der Waals surface area (Å²) < 4.78 is 9.46. The maximum atomic E-state index is 13.9. The largest absolute Gasteiger partial charge is 0.395 e. The highest BCUT2D eigenvalue weighted by Gasteiger charge is 2.36. The Hall–Kier alpha value is -3.02. The molecule has 2 fully saturated rings. The van der Waals surface area contributed by atoms with E-state index in [0.29, 0.717) is 31.9 Å². The van der Waals surface area contributed by atoms with Crippen LogP contribution in [0, 0.1) is 6.92 Å². The Bertz CT molecular complexity index is 1080. The van der Waals surface area contributed by atoms with Crippen molar-refractivity contribution in [1.29, 1.82) is 0 Å². The van der Waals surface area contributed by atoms with Gasteiger partial charge >= 0.3 is 0 Å². The minimum absolute atomic E-state index is 0.0484. The molecule has 194 valence electrons. The molecule has 2 heterocycles. The maximum absolute atomic E-state index is 13.9. The van der Waals surface area contributed by atoms with E-state index in [0.717, 1.165) is 55.9 Å². The summed E-state index contributed by atoms with van der Waals surface area (Å²) in [5.41, 5.74) is 13.1. The standard InChI is InChI=1S/C25H34N6O4S/c1-16-6-8-17(9-7-16)21(24(33)28-18-4-2-3-5-18)31(11-10-30-12-14-35-15-13-30)25(34)22-19(26)20(23(27)32)29-36-22/h6-9,18,21H,2-5,10-15,26H2,1H3,(H2,27,32)(H,28,33)/t21-/m1/s1. The lowest BCUT2D eigenvalue weighted by Gasteiger charge is -2.34. The lowest BCUT2D eigenvalue weighted by Crippen LogP contribution is -2.49. The summed E-state index contributed by atoms with van der Waals surface area (Å²) in [4.78, 5) is 43.3. The molecule has 1 atom stereocenters. The van der Waals surface area contributed by atoms with Gasteiger partial charge in [-0.3, -0.25) is 19.3 Å². The van der Waals surface area contributed by atoms with Crippen LogP contribution in [0.25, 0.3) is 0 Å². The summed E-state index contributed by atoms with van der Waals surface area (Å²) in [6.07, 6.45) is 4.01. The van der Waals surface area contributed by atoms with E-state index in [-0.39, 0.29) is 28.2 Å². The maximum Gasteiger partial charge on any atom is 0.270 e. The number of nitrogens with two attached hydrogens (primary N) is 2. The molecule has 0 spiro atoms. The van der Waals surface area contributed by atoms with Gasteiger partial charge in [-0.25, -0.2) is 0 Å². The third kappa shape index (κ3) is 6.03. The molecule has 1 saturated heterocycles. The molecule has 1 aliphatic carbocycles. The van der Waals surface area contributed by atoms with Crippen molar-refractivity contribution in [3.63, 3.8) is 0 Å². The number of primary amides is 1. The van der Waals surface area contributed by atoms with Crippen LogP contribution in [0.15, 0.2) is 24.3 Å². The number of nitrogens with zero attached hydrogens (tertiary/aromatic N) is 3. The highest BCUT2D eigenvalue weighted by Crippen LogP contribution is 2.30. The van der Waals surface area contributed by atoms with Gasteiger partial charge in [0.2, 0.25) is 5.91 Å². The first-order valence-electron chi connectivity index (χ1n) is 12.4. The molecule has 2 aliphatic rings. The summed E-state index contributed by atoms with van der Waals surface area (Å²) in [5.74, 6) is -1.46. The van der Waals surface area contributed by atoms with E-state index in [2.05, 4.69) is 14.6 Å². The normalized spacial score (nSPS) is 17.6. The molecular weight excluding hydrogens is 480 g/mol. The zero-order chi connectivity index (χ0) is 25.7. The first-order valence-corrected chi connectivity index (χ1v) is 13.2. The topological polar surface area (TPSA) is 144 Å². The van der Waals surface area contributed by atoms with E-state index in [4.69, 9.17) is 16.2 Å². The fraction of sp³-hybridized carbons (Fsp3) is 0.520. The summed E-state index contributed by atoms with van der Waals surface area (Å²) in [6.45, 7) is 5.58. The molecule has 1 aromatic heterocycles. The van der Waals surface area contributed by atoms with Crippen molar-refractivity contribution in [2.75, 3.05) is 45.1 Å². The number of amides is 3. The second-order valence-corrected chi connectivity index (χ2v) is 10.2. The number of aryl methyl sites for hydroxylation is 1. The van der Waals surface area contributed by atoms with Crippen LogP contribution in [0.1, 0.15) is 63.0 Å². The molecule has 0 unspecified atom stereocenters. The Morgan fingerprint density at radius 2 is 1.86 bits per heavy atom. The van der Waals surface area contributed by atoms with Crippen LogP contribution in [-0.4, -0.2) is 77.3 Å². The molecule has 1 saturated carbocycles. The molecule has 1 aliphatic heterocycles. The highest BCUT2D eigenvalue weighted by molar-refractivity contribution is 7.09. The van der Waals surface area contributed by atoms with E-state index in [1.165, 1.54) is 0 Å². The Morgan fingerprint density at radius 3 is 2.47 bits per heavy atom. The molecule has 36 heavy (non-hydrogen) atoms. The molecule has 4 rings (SSSR count). The Kier molecular flexibility index (Phi) is 8.55. The summed E-state index contributed by atoms with van der Waals surface area (Å²) in [7, 11) is 0. The van der Waals surface area contributed by atoms with Gasteiger partial charge in [-0.15, -0.1) is 0 Å². The molecule has 5 N–H and O–H groups in total. The number of carbonyl (C=O) groups excluding carboxylic acids is 3. The number of rotatable bonds is 9.